The monoisotopic (exact) mass is 243 g/mol. The van der Waals surface area contributed by atoms with Crippen molar-refractivity contribution in [1.82, 2.24) is 2.94 Å². The molecule has 0 saturated heterocycles. The topological polar surface area (TPSA) is 12.0 Å². The van der Waals surface area contributed by atoms with E-state index in [4.69, 9.17) is 0 Å². The summed E-state index contributed by atoms with van der Waals surface area (Å²) in [4.78, 5) is 1.45. The van der Waals surface area contributed by atoms with Crippen LogP contribution in [0.1, 0.15) is 0 Å². The molecule has 0 aromatic heterocycles. The van der Waals surface area contributed by atoms with Crippen molar-refractivity contribution in [3.05, 3.63) is 24.3 Å². The van der Waals surface area contributed by atoms with Crippen LogP contribution in [0.2, 0.25) is 0 Å². The molecule has 2 rings (SSSR count). The summed E-state index contributed by atoms with van der Waals surface area (Å²) >= 11 is 1.45. The van der Waals surface area contributed by atoms with Gasteiger partial charge < -0.3 is 0 Å². The fraction of sp³-hybridized carbons (Fsp3) is 0. The van der Waals surface area contributed by atoms with Crippen LogP contribution in [0.25, 0.3) is 0 Å². The number of fused-ring (bicyclic) bond motifs is 1. The molecule has 1 aromatic rings. The first kappa shape index (κ1) is 6.07. The Morgan fingerprint density at radius 2 is 2.22 bits per heavy atom. The first-order valence-corrected chi connectivity index (χ1v) is 6.41. The molecule has 1 heterocycles. The molecule has 1 aliphatic heterocycles. The van der Waals surface area contributed by atoms with Crippen LogP contribution in [0.15, 0.2) is 29.2 Å². The van der Waals surface area contributed by atoms with Gasteiger partial charge in [-0.2, -0.15) is 0 Å². The van der Waals surface area contributed by atoms with E-state index in [1.807, 2.05) is 0 Å². The first-order valence-electron chi connectivity index (χ1n) is 2.74. The second-order valence-corrected chi connectivity index (χ2v) is 6.67. The van der Waals surface area contributed by atoms with Gasteiger partial charge in [0.2, 0.25) is 0 Å². The molecule has 2 radical (unpaired) electrons. The quantitative estimate of drug-likeness (QED) is 0.526. The van der Waals surface area contributed by atoms with Crippen molar-refractivity contribution in [1.29, 1.82) is 0 Å². The Bertz CT molecular complexity index is 203. The molecular formula is C6H5NSSn. The zero-order chi connectivity index (χ0) is 6.10. The van der Waals surface area contributed by atoms with Crippen LogP contribution >= 0.6 is 11.9 Å². The Hall–Kier alpha value is 0.329. The average molecular weight is 242 g/mol. The van der Waals surface area contributed by atoms with Gasteiger partial charge >= 0.3 is 69.0 Å². The Labute approximate surface area is 68.9 Å². The fourth-order valence-electron chi connectivity index (χ4n) is 0.794. The molecule has 0 atom stereocenters. The summed E-state index contributed by atoms with van der Waals surface area (Å²) < 4.78 is 4.96. The average Bonchev–Trinajstić information content (AvgIpc) is 2.33. The van der Waals surface area contributed by atoms with Crippen molar-refractivity contribution in [2.24, 2.45) is 0 Å². The second-order valence-electron chi connectivity index (χ2n) is 1.83. The third-order valence-electron chi connectivity index (χ3n) is 1.23. The van der Waals surface area contributed by atoms with Gasteiger partial charge in [-0.05, 0) is 0 Å². The maximum absolute atomic E-state index is 3.37. The van der Waals surface area contributed by atoms with Crippen LogP contribution in [-0.4, -0.2) is 21.4 Å². The molecule has 1 nitrogen and oxygen atoms in total. The second kappa shape index (κ2) is 2.52. The standard InChI is InChI=1S/C6H5NS.Sn/c7-8-6-4-2-1-3-5-6;/h1-4,7H;/q-1;+1. The van der Waals surface area contributed by atoms with Gasteiger partial charge in [-0.1, -0.05) is 0 Å². The van der Waals surface area contributed by atoms with Crippen molar-refractivity contribution in [3.63, 3.8) is 0 Å². The molecule has 1 N–H and O–H groups in total. The van der Waals surface area contributed by atoms with Gasteiger partial charge in [0.25, 0.3) is 0 Å². The summed E-state index contributed by atoms with van der Waals surface area (Å²) in [6.45, 7) is 0. The van der Waals surface area contributed by atoms with E-state index in [2.05, 4.69) is 27.2 Å². The Morgan fingerprint density at radius 1 is 1.33 bits per heavy atom. The summed E-state index contributed by atoms with van der Waals surface area (Å²) in [6, 6.07) is 8.63. The van der Waals surface area contributed by atoms with Crippen LogP contribution in [0.4, 0.5) is 0 Å². The molecule has 44 valence electrons. The van der Waals surface area contributed by atoms with Gasteiger partial charge in [-0.25, -0.2) is 0 Å². The van der Waals surface area contributed by atoms with Crippen molar-refractivity contribution < 1.29 is 0 Å². The van der Waals surface area contributed by atoms with Crippen molar-refractivity contribution in [2.75, 3.05) is 0 Å². The molecule has 0 bridgehead atoms. The fourth-order valence-corrected chi connectivity index (χ4v) is 5.59. The van der Waals surface area contributed by atoms with Crippen molar-refractivity contribution >= 4 is 36.9 Å². The SMILES string of the molecule is c1cc[c]2c(c1)S[NH][Sn]2. The minimum atomic E-state index is -0.344. The molecule has 0 amide bonds. The van der Waals surface area contributed by atoms with Gasteiger partial charge in [-0.3, -0.25) is 0 Å². The number of rotatable bonds is 0. The molecule has 0 unspecified atom stereocenters. The third-order valence-corrected chi connectivity index (χ3v) is 6.29. The van der Waals surface area contributed by atoms with Crippen LogP contribution in [0.5, 0.6) is 0 Å². The predicted octanol–water partition coefficient (Wildman–Crippen LogP) is 0.541. The van der Waals surface area contributed by atoms with Crippen molar-refractivity contribution in [2.45, 2.75) is 4.90 Å². The molecule has 0 spiro atoms. The normalized spacial score (nSPS) is 15.6. The third kappa shape index (κ3) is 1.11. The Morgan fingerprint density at radius 3 is 3.11 bits per heavy atom. The molecule has 0 aliphatic carbocycles. The molecule has 1 aliphatic rings. The summed E-state index contributed by atoms with van der Waals surface area (Å²) in [7, 11) is 0. The summed E-state index contributed by atoms with van der Waals surface area (Å²) in [5.74, 6) is 0. The molecule has 0 fully saturated rings. The first-order chi connectivity index (χ1) is 4.47. The number of hydrogen-bond acceptors (Lipinski definition) is 2. The van der Waals surface area contributed by atoms with E-state index in [0.717, 1.165) is 0 Å². The summed E-state index contributed by atoms with van der Waals surface area (Å²) in [5.41, 5.74) is 0. The van der Waals surface area contributed by atoms with E-state index in [1.54, 1.807) is 15.5 Å². The molecule has 1 aromatic carbocycles. The summed E-state index contributed by atoms with van der Waals surface area (Å²) in [5, 5.41) is 0. The van der Waals surface area contributed by atoms with Gasteiger partial charge in [0.15, 0.2) is 0 Å². The van der Waals surface area contributed by atoms with E-state index in [-0.39, 0.29) is 21.4 Å². The van der Waals surface area contributed by atoms with E-state index < -0.39 is 0 Å². The van der Waals surface area contributed by atoms with Crippen LogP contribution < -0.4 is 6.52 Å². The van der Waals surface area contributed by atoms with E-state index in [0.29, 0.717) is 0 Å². The van der Waals surface area contributed by atoms with Crippen molar-refractivity contribution in [3.8, 4) is 0 Å². The minimum absolute atomic E-state index is 0.344. The van der Waals surface area contributed by atoms with Crippen LogP contribution in [-0.2, 0) is 0 Å². The number of hydrogen-bond donors (Lipinski definition) is 1. The molecular weight excluding hydrogens is 237 g/mol. The number of benzene rings is 1. The predicted molar refractivity (Wildman–Crippen MR) is 40.8 cm³/mol. The van der Waals surface area contributed by atoms with Gasteiger partial charge in [0, 0.05) is 0 Å². The molecule has 9 heavy (non-hydrogen) atoms. The van der Waals surface area contributed by atoms with E-state index in [1.165, 1.54) is 4.90 Å². The zero-order valence-electron chi connectivity index (χ0n) is 4.72. The Balaban J connectivity index is 2.54. The van der Waals surface area contributed by atoms with Gasteiger partial charge in [0.1, 0.15) is 0 Å². The summed E-state index contributed by atoms with van der Waals surface area (Å²) in [6.07, 6.45) is 0. The number of nitrogens with one attached hydrogen (secondary N) is 1. The van der Waals surface area contributed by atoms with E-state index >= 15 is 0 Å². The zero-order valence-corrected chi connectivity index (χ0v) is 8.39. The van der Waals surface area contributed by atoms with Crippen LogP contribution in [0.3, 0.4) is 0 Å². The Kier molecular flexibility index (Phi) is 1.70. The molecule has 3 heteroatoms. The maximum atomic E-state index is 3.37. The van der Waals surface area contributed by atoms with Gasteiger partial charge in [0.05, 0.1) is 0 Å². The van der Waals surface area contributed by atoms with E-state index in [9.17, 15) is 0 Å². The van der Waals surface area contributed by atoms with Crippen LogP contribution in [0, 0.1) is 0 Å². The molecule has 0 saturated carbocycles. The van der Waals surface area contributed by atoms with Gasteiger partial charge in [-0.15, -0.1) is 0 Å².